The van der Waals surface area contributed by atoms with E-state index in [9.17, 15) is 0 Å². The molecule has 1 fully saturated rings. The van der Waals surface area contributed by atoms with Crippen LogP contribution in [0, 0.1) is 0 Å². The highest BCUT2D eigenvalue weighted by atomic mass is 16.8. The van der Waals surface area contributed by atoms with Gasteiger partial charge in [-0.3, -0.25) is 0 Å². The summed E-state index contributed by atoms with van der Waals surface area (Å²) in [5, 5.41) is 2.42. The molecule has 1 atom stereocenters. The molecule has 2 aromatic carbocycles. The molecule has 0 aromatic heterocycles. The van der Waals surface area contributed by atoms with Gasteiger partial charge in [0.1, 0.15) is 12.4 Å². The molecule has 0 bridgehead atoms. The first kappa shape index (κ1) is 8.74. The molecule has 15 heavy (non-hydrogen) atoms. The van der Waals surface area contributed by atoms with E-state index in [1.165, 1.54) is 10.8 Å². The molecule has 2 nitrogen and oxygen atoms in total. The fourth-order valence-corrected chi connectivity index (χ4v) is 1.64. The predicted octanol–water partition coefficient (Wildman–Crippen LogP) is 2.97. The summed E-state index contributed by atoms with van der Waals surface area (Å²) < 4.78 is 10.9. The zero-order chi connectivity index (χ0) is 10.3. The first-order chi connectivity index (χ1) is 7.25. The maximum absolute atomic E-state index is 5.70. The Morgan fingerprint density at radius 1 is 1.13 bits per heavy atom. The Balaban J connectivity index is 1.99. The van der Waals surface area contributed by atoms with E-state index in [4.69, 9.17) is 9.47 Å². The molecule has 0 aliphatic carbocycles. The van der Waals surface area contributed by atoms with Gasteiger partial charge in [-0.2, -0.15) is 0 Å². The van der Waals surface area contributed by atoms with Crippen LogP contribution in [-0.4, -0.2) is 12.4 Å². The van der Waals surface area contributed by atoms with Gasteiger partial charge in [0.05, 0.1) is 0 Å². The van der Waals surface area contributed by atoms with Crippen molar-refractivity contribution in [2.24, 2.45) is 0 Å². The van der Waals surface area contributed by atoms with Gasteiger partial charge in [-0.15, -0.1) is 0 Å². The van der Waals surface area contributed by atoms with Gasteiger partial charge in [0, 0.05) is 6.92 Å². The number of rotatable bonds is 2. The van der Waals surface area contributed by atoms with Gasteiger partial charge >= 0.3 is 0 Å². The van der Waals surface area contributed by atoms with Crippen molar-refractivity contribution in [3.63, 3.8) is 0 Å². The third kappa shape index (κ3) is 1.68. The van der Waals surface area contributed by atoms with Gasteiger partial charge < -0.3 is 9.47 Å². The Morgan fingerprint density at radius 3 is 2.60 bits per heavy atom. The van der Waals surface area contributed by atoms with E-state index < -0.39 is 0 Å². The number of fused-ring (bicyclic) bond motifs is 1. The lowest BCUT2D eigenvalue weighted by atomic mass is 10.1. The highest BCUT2D eigenvalue weighted by Gasteiger charge is 2.42. The monoisotopic (exact) mass is 200 g/mol. The Bertz CT molecular complexity index is 501. The third-order valence-electron chi connectivity index (χ3n) is 2.61. The van der Waals surface area contributed by atoms with Crippen molar-refractivity contribution in [1.82, 2.24) is 0 Å². The maximum Gasteiger partial charge on any atom is 0.231 e. The van der Waals surface area contributed by atoms with Crippen LogP contribution in [0.25, 0.3) is 10.8 Å². The van der Waals surface area contributed by atoms with Gasteiger partial charge in [0.2, 0.25) is 5.79 Å². The van der Waals surface area contributed by atoms with Gasteiger partial charge in [0.25, 0.3) is 0 Å². The quantitative estimate of drug-likeness (QED) is 0.695. The zero-order valence-electron chi connectivity index (χ0n) is 8.57. The van der Waals surface area contributed by atoms with Crippen LogP contribution in [0.1, 0.15) is 6.92 Å². The van der Waals surface area contributed by atoms with Gasteiger partial charge in [0.15, 0.2) is 0 Å². The topological polar surface area (TPSA) is 21.8 Å². The van der Waals surface area contributed by atoms with Crippen molar-refractivity contribution < 1.29 is 9.47 Å². The van der Waals surface area contributed by atoms with Crippen LogP contribution in [0.5, 0.6) is 5.75 Å². The summed E-state index contributed by atoms with van der Waals surface area (Å²) in [6.45, 7) is 2.63. The summed E-state index contributed by atoms with van der Waals surface area (Å²) in [6, 6.07) is 14.3. The zero-order valence-corrected chi connectivity index (χ0v) is 8.57. The molecule has 2 heteroatoms. The smallest absolute Gasteiger partial charge is 0.231 e. The number of benzene rings is 2. The number of hydrogen-bond donors (Lipinski definition) is 0. The standard InChI is InChI=1S/C13H12O2/c1-13(9-14-13)15-12-7-6-10-4-2-3-5-11(10)8-12/h2-8H,9H2,1H3. The Labute approximate surface area is 88.4 Å². The highest BCUT2D eigenvalue weighted by molar-refractivity contribution is 5.83. The molecule has 0 amide bonds. The molecule has 76 valence electrons. The summed E-state index contributed by atoms with van der Waals surface area (Å²) in [5.74, 6) is 0.483. The van der Waals surface area contributed by atoms with Crippen LogP contribution < -0.4 is 4.74 Å². The van der Waals surface area contributed by atoms with Crippen LogP contribution in [0.15, 0.2) is 42.5 Å². The summed E-state index contributed by atoms with van der Waals surface area (Å²) in [4.78, 5) is 0. The van der Waals surface area contributed by atoms with Gasteiger partial charge in [-0.25, -0.2) is 0 Å². The average molecular weight is 200 g/mol. The minimum atomic E-state index is -0.386. The van der Waals surface area contributed by atoms with Crippen molar-refractivity contribution in [3.8, 4) is 5.75 Å². The minimum Gasteiger partial charge on any atom is -0.460 e. The largest absolute Gasteiger partial charge is 0.460 e. The van der Waals surface area contributed by atoms with E-state index >= 15 is 0 Å². The minimum absolute atomic E-state index is 0.386. The van der Waals surface area contributed by atoms with Crippen LogP contribution in [0.3, 0.4) is 0 Å². The van der Waals surface area contributed by atoms with Crippen LogP contribution >= 0.6 is 0 Å². The first-order valence-electron chi connectivity index (χ1n) is 5.07. The second-order valence-electron chi connectivity index (χ2n) is 4.03. The van der Waals surface area contributed by atoms with Crippen molar-refractivity contribution >= 4 is 10.8 Å². The summed E-state index contributed by atoms with van der Waals surface area (Å²) >= 11 is 0. The summed E-state index contributed by atoms with van der Waals surface area (Å²) in [5.41, 5.74) is 0. The Kier molecular flexibility index (Phi) is 1.73. The summed E-state index contributed by atoms with van der Waals surface area (Å²) in [6.07, 6.45) is 0. The highest BCUT2D eigenvalue weighted by Crippen LogP contribution is 2.31. The van der Waals surface area contributed by atoms with Gasteiger partial charge in [-0.1, -0.05) is 30.3 Å². The fourth-order valence-electron chi connectivity index (χ4n) is 1.64. The third-order valence-corrected chi connectivity index (χ3v) is 2.61. The van der Waals surface area contributed by atoms with Crippen LogP contribution in [-0.2, 0) is 4.74 Å². The van der Waals surface area contributed by atoms with Crippen LogP contribution in [0.4, 0.5) is 0 Å². The molecular weight excluding hydrogens is 188 g/mol. The van der Waals surface area contributed by atoms with Crippen molar-refractivity contribution in [1.29, 1.82) is 0 Å². The number of ether oxygens (including phenoxy) is 2. The van der Waals surface area contributed by atoms with E-state index in [-0.39, 0.29) is 5.79 Å². The molecule has 1 heterocycles. The van der Waals surface area contributed by atoms with E-state index in [2.05, 4.69) is 18.2 Å². The average Bonchev–Trinajstić information content (AvgIpc) is 2.96. The SMILES string of the molecule is CC1(Oc2ccc3ccccc3c2)CO1. The van der Waals surface area contributed by atoms with Gasteiger partial charge in [-0.05, 0) is 22.9 Å². The molecular formula is C13H12O2. The Morgan fingerprint density at radius 2 is 1.87 bits per heavy atom. The van der Waals surface area contributed by atoms with E-state index in [1.54, 1.807) is 0 Å². The second-order valence-corrected chi connectivity index (χ2v) is 4.03. The van der Waals surface area contributed by atoms with Crippen molar-refractivity contribution in [3.05, 3.63) is 42.5 Å². The lowest BCUT2D eigenvalue weighted by Gasteiger charge is -2.10. The van der Waals surface area contributed by atoms with Crippen molar-refractivity contribution in [2.45, 2.75) is 12.7 Å². The molecule has 0 N–H and O–H groups in total. The molecule has 1 unspecified atom stereocenters. The molecule has 1 saturated heterocycles. The predicted molar refractivity (Wildman–Crippen MR) is 58.9 cm³/mol. The second kappa shape index (κ2) is 2.97. The van der Waals surface area contributed by atoms with Crippen molar-refractivity contribution in [2.75, 3.05) is 6.61 Å². The molecule has 1 aliphatic rings. The molecule has 0 spiro atoms. The lowest BCUT2D eigenvalue weighted by Crippen LogP contribution is -2.14. The van der Waals surface area contributed by atoms with Crippen LogP contribution in [0.2, 0.25) is 0 Å². The maximum atomic E-state index is 5.70. The molecule has 1 aliphatic heterocycles. The van der Waals surface area contributed by atoms with E-state index in [0.717, 1.165) is 5.75 Å². The molecule has 2 aromatic rings. The number of epoxide rings is 1. The lowest BCUT2D eigenvalue weighted by molar-refractivity contribution is 0.0804. The molecule has 0 saturated carbocycles. The number of hydrogen-bond acceptors (Lipinski definition) is 2. The first-order valence-corrected chi connectivity index (χ1v) is 5.07. The normalized spacial score (nSPS) is 24.1. The fraction of sp³-hybridized carbons (Fsp3) is 0.231. The van der Waals surface area contributed by atoms with E-state index in [0.29, 0.717) is 6.61 Å². The van der Waals surface area contributed by atoms with E-state index in [1.807, 2.05) is 31.2 Å². The Hall–Kier alpha value is -1.54. The molecule has 0 radical (unpaired) electrons. The molecule has 3 rings (SSSR count). The summed E-state index contributed by atoms with van der Waals surface area (Å²) in [7, 11) is 0.